The van der Waals surface area contributed by atoms with Crippen LogP contribution in [0.5, 0.6) is 0 Å². The molecule has 0 spiro atoms. The Hall–Kier alpha value is -0.980. The molecule has 0 aliphatic carbocycles. The Labute approximate surface area is 116 Å². The fourth-order valence-electron chi connectivity index (χ4n) is 1.24. The van der Waals surface area contributed by atoms with Gasteiger partial charge in [-0.1, -0.05) is 23.2 Å². The largest absolute Gasteiger partial charge is 0.337 e. The number of anilines is 1. The van der Waals surface area contributed by atoms with Crippen LogP contribution in [0.25, 0.3) is 0 Å². The van der Waals surface area contributed by atoms with Gasteiger partial charge >= 0.3 is 6.03 Å². The number of halogens is 2. The van der Waals surface area contributed by atoms with E-state index in [0.717, 1.165) is 11.2 Å². The minimum atomic E-state index is -3.75. The Bertz CT molecular complexity index is 572. The Morgan fingerprint density at radius 2 is 1.72 bits per heavy atom. The summed E-state index contributed by atoms with van der Waals surface area (Å²) >= 11 is 11.6. The monoisotopic (exact) mass is 310 g/mol. The number of hydrogen-bond donors (Lipinski definition) is 0. The second-order valence-corrected chi connectivity index (χ2v) is 6.45. The Morgan fingerprint density at radius 1 is 1.17 bits per heavy atom. The molecule has 1 aromatic rings. The van der Waals surface area contributed by atoms with Crippen LogP contribution in [-0.4, -0.2) is 39.7 Å². The molecule has 0 saturated heterocycles. The zero-order valence-corrected chi connectivity index (χ0v) is 12.3. The molecule has 0 bridgehead atoms. The highest BCUT2D eigenvalue weighted by atomic mass is 35.5. The summed E-state index contributed by atoms with van der Waals surface area (Å²) < 4.78 is 24.0. The average Bonchev–Trinajstić information content (AvgIpc) is 2.21. The van der Waals surface area contributed by atoms with Gasteiger partial charge in [0.1, 0.15) is 0 Å². The van der Waals surface area contributed by atoms with Gasteiger partial charge in [0, 0.05) is 14.1 Å². The van der Waals surface area contributed by atoms with Gasteiger partial charge < -0.3 is 4.90 Å². The minimum absolute atomic E-state index is 0.144. The molecule has 0 aliphatic rings. The Morgan fingerprint density at radius 3 is 2.11 bits per heavy atom. The zero-order valence-electron chi connectivity index (χ0n) is 10.0. The van der Waals surface area contributed by atoms with Crippen molar-refractivity contribution in [3.63, 3.8) is 0 Å². The average molecular weight is 311 g/mol. The van der Waals surface area contributed by atoms with Gasteiger partial charge in [-0.25, -0.2) is 13.2 Å². The highest BCUT2D eigenvalue weighted by molar-refractivity contribution is 7.92. The number of amides is 2. The third kappa shape index (κ3) is 3.28. The topological polar surface area (TPSA) is 57.7 Å². The van der Waals surface area contributed by atoms with E-state index in [4.69, 9.17) is 23.2 Å². The van der Waals surface area contributed by atoms with Crippen LogP contribution in [0.15, 0.2) is 18.2 Å². The molecule has 0 heterocycles. The number of carbonyl (C=O) groups is 1. The predicted molar refractivity (Wildman–Crippen MR) is 72.9 cm³/mol. The van der Waals surface area contributed by atoms with Crippen molar-refractivity contribution in [1.29, 1.82) is 0 Å². The standard InChI is InChI=1S/C10H12Cl2N2O3S/c1-13(2)10(15)14(18(3,16)17)7-4-5-8(11)9(12)6-7/h4-6H,1-3H3. The molecule has 0 saturated carbocycles. The number of benzene rings is 1. The van der Waals surface area contributed by atoms with Crippen molar-refractivity contribution in [3.05, 3.63) is 28.2 Å². The van der Waals surface area contributed by atoms with Gasteiger partial charge in [-0.2, -0.15) is 4.31 Å². The van der Waals surface area contributed by atoms with Crippen molar-refractivity contribution in [3.8, 4) is 0 Å². The summed E-state index contributed by atoms with van der Waals surface area (Å²) in [5.41, 5.74) is 0.144. The van der Waals surface area contributed by atoms with E-state index in [0.29, 0.717) is 4.31 Å². The lowest BCUT2D eigenvalue weighted by molar-refractivity contribution is 0.227. The number of nitrogens with zero attached hydrogens (tertiary/aromatic N) is 2. The lowest BCUT2D eigenvalue weighted by Crippen LogP contribution is -2.42. The van der Waals surface area contributed by atoms with Crippen molar-refractivity contribution in [2.45, 2.75) is 0 Å². The first-order valence-electron chi connectivity index (χ1n) is 4.81. The molecule has 100 valence electrons. The summed E-state index contributed by atoms with van der Waals surface area (Å²) in [5, 5.41) is 0.459. The lowest BCUT2D eigenvalue weighted by atomic mass is 10.3. The molecule has 1 rings (SSSR count). The minimum Gasteiger partial charge on any atom is -0.330 e. The third-order valence-corrected chi connectivity index (χ3v) is 3.79. The van der Waals surface area contributed by atoms with E-state index in [2.05, 4.69) is 0 Å². The molecule has 0 fully saturated rings. The van der Waals surface area contributed by atoms with E-state index in [-0.39, 0.29) is 15.7 Å². The van der Waals surface area contributed by atoms with Gasteiger partial charge in [0.05, 0.1) is 22.0 Å². The molecule has 8 heteroatoms. The molecule has 0 atom stereocenters. The summed E-state index contributed by atoms with van der Waals surface area (Å²) in [5.74, 6) is 0. The summed E-state index contributed by atoms with van der Waals surface area (Å²) in [6.07, 6.45) is 0.941. The van der Waals surface area contributed by atoms with Crippen molar-refractivity contribution in [2.75, 3.05) is 24.7 Å². The van der Waals surface area contributed by atoms with Crippen molar-refractivity contribution in [1.82, 2.24) is 4.90 Å². The third-order valence-electron chi connectivity index (χ3n) is 2.03. The van der Waals surface area contributed by atoms with Crippen LogP contribution < -0.4 is 4.31 Å². The van der Waals surface area contributed by atoms with Crippen LogP contribution in [0, 0.1) is 0 Å². The van der Waals surface area contributed by atoms with Crippen LogP contribution in [0.4, 0.5) is 10.5 Å². The first kappa shape index (κ1) is 15.1. The quantitative estimate of drug-likeness (QED) is 0.843. The second-order valence-electron chi connectivity index (χ2n) is 3.80. The van der Waals surface area contributed by atoms with E-state index < -0.39 is 16.1 Å². The van der Waals surface area contributed by atoms with Crippen LogP contribution >= 0.6 is 23.2 Å². The fraction of sp³-hybridized carbons (Fsp3) is 0.300. The maximum Gasteiger partial charge on any atom is 0.337 e. The maximum absolute atomic E-state index is 11.9. The summed E-state index contributed by atoms with van der Waals surface area (Å²) in [7, 11) is -0.839. The number of carbonyl (C=O) groups excluding carboxylic acids is 1. The molecule has 0 N–H and O–H groups in total. The van der Waals surface area contributed by atoms with E-state index in [1.165, 1.54) is 32.3 Å². The summed E-state index contributed by atoms with van der Waals surface area (Å²) in [6, 6.07) is 3.49. The van der Waals surface area contributed by atoms with E-state index in [1.54, 1.807) is 0 Å². The molecule has 18 heavy (non-hydrogen) atoms. The molecule has 0 aromatic heterocycles. The van der Waals surface area contributed by atoms with Crippen molar-refractivity contribution in [2.24, 2.45) is 0 Å². The first-order chi connectivity index (χ1) is 8.14. The van der Waals surface area contributed by atoms with E-state index in [9.17, 15) is 13.2 Å². The normalized spacial score (nSPS) is 11.2. The molecule has 0 unspecified atom stereocenters. The zero-order chi connectivity index (χ0) is 14.1. The number of urea groups is 1. The van der Waals surface area contributed by atoms with Crippen LogP contribution in [-0.2, 0) is 10.0 Å². The van der Waals surface area contributed by atoms with Crippen LogP contribution in [0.1, 0.15) is 0 Å². The molecular weight excluding hydrogens is 299 g/mol. The first-order valence-corrected chi connectivity index (χ1v) is 7.41. The second kappa shape index (κ2) is 5.34. The number of hydrogen-bond acceptors (Lipinski definition) is 3. The highest BCUT2D eigenvalue weighted by Crippen LogP contribution is 2.28. The highest BCUT2D eigenvalue weighted by Gasteiger charge is 2.27. The van der Waals surface area contributed by atoms with Crippen molar-refractivity contribution < 1.29 is 13.2 Å². The summed E-state index contributed by atoms with van der Waals surface area (Å²) in [4.78, 5) is 13.0. The lowest BCUT2D eigenvalue weighted by Gasteiger charge is -2.24. The SMILES string of the molecule is CN(C)C(=O)N(c1ccc(Cl)c(Cl)c1)S(C)(=O)=O. The van der Waals surface area contributed by atoms with Crippen LogP contribution in [0.3, 0.4) is 0 Å². The Balaban J connectivity index is 3.36. The van der Waals surface area contributed by atoms with Gasteiger partial charge in [0.25, 0.3) is 0 Å². The predicted octanol–water partition coefficient (Wildman–Crippen LogP) is 2.44. The Kier molecular flexibility index (Phi) is 4.47. The van der Waals surface area contributed by atoms with Gasteiger partial charge in [-0.15, -0.1) is 0 Å². The van der Waals surface area contributed by atoms with E-state index in [1.807, 2.05) is 0 Å². The molecular formula is C10H12Cl2N2O3S. The van der Waals surface area contributed by atoms with E-state index >= 15 is 0 Å². The van der Waals surface area contributed by atoms with Crippen molar-refractivity contribution >= 4 is 44.9 Å². The smallest absolute Gasteiger partial charge is 0.330 e. The number of sulfonamides is 1. The van der Waals surface area contributed by atoms with Gasteiger partial charge in [-0.3, -0.25) is 0 Å². The maximum atomic E-state index is 11.9. The van der Waals surface area contributed by atoms with Gasteiger partial charge in [0.2, 0.25) is 10.0 Å². The molecule has 5 nitrogen and oxygen atoms in total. The molecule has 2 amide bonds. The summed E-state index contributed by atoms with van der Waals surface area (Å²) in [6.45, 7) is 0. The molecule has 1 aromatic carbocycles. The fourth-order valence-corrected chi connectivity index (χ4v) is 2.47. The molecule has 0 aliphatic heterocycles. The molecule has 0 radical (unpaired) electrons. The van der Waals surface area contributed by atoms with Gasteiger partial charge in [0.15, 0.2) is 0 Å². The number of rotatable bonds is 2. The van der Waals surface area contributed by atoms with Crippen LogP contribution in [0.2, 0.25) is 10.0 Å². The van der Waals surface area contributed by atoms with Gasteiger partial charge in [-0.05, 0) is 18.2 Å².